The molecule has 145 heavy (non-hydrogen) atoms. The number of benzene rings is 8. The molecule has 12 rings (SSSR count). The van der Waals surface area contributed by atoms with Gasteiger partial charge in [0, 0.05) is 253 Å². The van der Waals surface area contributed by atoms with Crippen LogP contribution in [0.4, 0.5) is 45.5 Å². The first-order valence-electron chi connectivity index (χ1n) is 51.4. The Labute approximate surface area is 864 Å². The minimum atomic E-state index is 0.441. The maximum absolute atomic E-state index is 6.24. The summed E-state index contributed by atoms with van der Waals surface area (Å²) in [6, 6.07) is 47.2. The van der Waals surface area contributed by atoms with E-state index in [1.807, 2.05) is 97.1 Å². The molecule has 32 heteroatoms. The summed E-state index contributed by atoms with van der Waals surface area (Å²) in [6.45, 7) is 39.1. The number of methoxy groups -OCH3 is 12. The van der Waals surface area contributed by atoms with Crippen LogP contribution in [0, 0.1) is 20.8 Å². The van der Waals surface area contributed by atoms with Crippen LogP contribution < -0.4 is 96.0 Å². The molecule has 806 valence electrons. The third-order valence-electron chi connectivity index (χ3n) is 24.4. The number of para-hydroxylation sites is 7. The van der Waals surface area contributed by atoms with Crippen molar-refractivity contribution in [1.29, 1.82) is 0 Å². The summed E-state index contributed by atoms with van der Waals surface area (Å²) in [4.78, 5) is 18.8. The van der Waals surface area contributed by atoms with Gasteiger partial charge in [-0.2, -0.15) is 0 Å². The predicted octanol–water partition coefficient (Wildman–Crippen LogP) is 18.5. The average Bonchev–Trinajstić information content (AvgIpc) is 1.70. The van der Waals surface area contributed by atoms with Crippen LogP contribution in [0.25, 0.3) is 0 Å². The lowest BCUT2D eigenvalue weighted by atomic mass is 9.92. The number of aryl methyl sites for hydroxylation is 3. The van der Waals surface area contributed by atoms with Crippen molar-refractivity contribution in [2.75, 3.05) is 362 Å². The van der Waals surface area contributed by atoms with Gasteiger partial charge in [0.15, 0.2) is 0 Å². The molecule has 4 aliphatic rings. The van der Waals surface area contributed by atoms with Gasteiger partial charge in [0.25, 0.3) is 0 Å². The van der Waals surface area contributed by atoms with E-state index < -0.39 is 0 Å². The van der Waals surface area contributed by atoms with Crippen molar-refractivity contribution >= 4 is 45.5 Å². The lowest BCUT2D eigenvalue weighted by Gasteiger charge is -2.29. The Hall–Kier alpha value is -10.7. The molecule has 0 atom stereocenters. The van der Waals surface area contributed by atoms with Crippen LogP contribution in [0.3, 0.4) is 0 Å². The number of hydrogen-bond donors (Lipinski definition) is 0. The fourth-order valence-corrected chi connectivity index (χ4v) is 17.7. The van der Waals surface area contributed by atoms with Gasteiger partial charge in [-0.3, -0.25) is 0 Å². The first-order chi connectivity index (χ1) is 71.0. The second-order valence-corrected chi connectivity index (χ2v) is 36.1. The number of ether oxygens (including phenoxy) is 24. The highest BCUT2D eigenvalue weighted by Crippen LogP contribution is 2.49. The largest absolute Gasteiger partial charge is 0.491 e. The van der Waals surface area contributed by atoms with Crippen molar-refractivity contribution < 1.29 is 114 Å². The summed E-state index contributed by atoms with van der Waals surface area (Å²) >= 11 is 0. The minimum Gasteiger partial charge on any atom is -0.491 e. The van der Waals surface area contributed by atoms with Crippen LogP contribution in [0.2, 0.25) is 0 Å². The van der Waals surface area contributed by atoms with Gasteiger partial charge in [-0.1, -0.05) is 100.0 Å². The second-order valence-electron chi connectivity index (χ2n) is 36.1. The molecule has 0 N–H and O–H groups in total. The van der Waals surface area contributed by atoms with Gasteiger partial charge in [-0.05, 0) is 128 Å². The first-order valence-corrected chi connectivity index (χ1v) is 51.4. The molecule has 4 saturated heterocycles. The third-order valence-corrected chi connectivity index (χ3v) is 24.4. The molecule has 4 heterocycles. The van der Waals surface area contributed by atoms with E-state index in [1.165, 1.54) is 39.2 Å². The Kier molecular flexibility index (Phi) is 55.2. The van der Waals surface area contributed by atoms with Crippen molar-refractivity contribution in [2.24, 2.45) is 0 Å². The third kappa shape index (κ3) is 37.6. The van der Waals surface area contributed by atoms with Crippen molar-refractivity contribution in [1.82, 2.24) is 0 Å². The maximum atomic E-state index is 6.24. The topological polar surface area (TPSA) is 247 Å². The van der Waals surface area contributed by atoms with Crippen LogP contribution in [0.1, 0.15) is 119 Å². The van der Waals surface area contributed by atoms with Crippen LogP contribution in [-0.2, 0) is 56.8 Å². The van der Waals surface area contributed by atoms with E-state index in [-0.39, 0.29) is 0 Å². The van der Waals surface area contributed by atoms with Gasteiger partial charge in [0.2, 0.25) is 0 Å². The highest BCUT2D eigenvalue weighted by Gasteiger charge is 2.36. The summed E-state index contributed by atoms with van der Waals surface area (Å²) in [5.74, 6) is 10.6. The van der Waals surface area contributed by atoms with Crippen molar-refractivity contribution in [3.05, 3.63) is 167 Å². The molecular formula is C113H170N8O24. The van der Waals surface area contributed by atoms with E-state index in [4.69, 9.17) is 114 Å². The number of hydrogen-bond acceptors (Lipinski definition) is 32. The molecule has 0 unspecified atom stereocenters. The lowest BCUT2D eigenvalue weighted by Crippen LogP contribution is -2.27. The van der Waals surface area contributed by atoms with Crippen LogP contribution in [-0.4, -0.2) is 323 Å². The first kappa shape index (κ1) is 118. The summed E-state index contributed by atoms with van der Waals surface area (Å²) in [5.41, 5.74) is 15.3. The highest BCUT2D eigenvalue weighted by molar-refractivity contribution is 5.77. The molecule has 4 aliphatic heterocycles. The van der Waals surface area contributed by atoms with Gasteiger partial charge in [0.1, 0.15) is 130 Å². The van der Waals surface area contributed by atoms with E-state index >= 15 is 0 Å². The van der Waals surface area contributed by atoms with Crippen molar-refractivity contribution in [3.8, 4) is 69.0 Å². The number of nitrogens with zero attached hydrogens (tertiary/aromatic N) is 8. The van der Waals surface area contributed by atoms with Gasteiger partial charge in [-0.25, -0.2) is 0 Å². The Morgan fingerprint density at radius 1 is 0.186 bits per heavy atom. The zero-order valence-electron chi connectivity index (χ0n) is 90.4. The van der Waals surface area contributed by atoms with Crippen LogP contribution >= 0.6 is 0 Å². The minimum absolute atomic E-state index is 0.441. The van der Waals surface area contributed by atoms with Crippen LogP contribution in [0.15, 0.2) is 140 Å². The number of rotatable bonds is 66. The Morgan fingerprint density at radius 2 is 0.338 bits per heavy atom. The second kappa shape index (κ2) is 67.9. The van der Waals surface area contributed by atoms with E-state index in [0.717, 1.165) is 220 Å². The monoisotopic (exact) mass is 2020 g/mol. The van der Waals surface area contributed by atoms with Crippen LogP contribution in [0.5, 0.6) is 69.0 Å². The SMILES string of the molecule is COCCCOc1cccc(OCCCOC)c1N1CCN(c2c(C(C)C)cccc2C(C)C)C1.COCCCOc1cccc(OCCCOC)c1N1CCN(c2c(C)cc(C)cc2C)C1.COCCCOc1cccc(OCCCOC)c1N1CCN(c2c(OCCCOC)cccc2OCCCOC)C1.COCCOc1cccc(OCCOC)c1N1CCN(c2c(OCCOC)cccc2OCCOC)C1. The van der Waals surface area contributed by atoms with E-state index in [0.29, 0.717) is 184 Å². The Morgan fingerprint density at radius 3 is 0.503 bits per heavy atom. The van der Waals surface area contributed by atoms with Gasteiger partial charge >= 0.3 is 0 Å². The summed E-state index contributed by atoms with van der Waals surface area (Å²) in [7, 11) is 20.3. The summed E-state index contributed by atoms with van der Waals surface area (Å²) in [5, 5.41) is 0. The molecule has 4 fully saturated rings. The molecule has 8 aromatic rings. The molecule has 0 radical (unpaired) electrons. The predicted molar refractivity (Wildman–Crippen MR) is 578 cm³/mol. The van der Waals surface area contributed by atoms with Gasteiger partial charge in [0.05, 0.1) is 106 Å². The zero-order chi connectivity index (χ0) is 104. The number of anilines is 8. The van der Waals surface area contributed by atoms with Gasteiger partial charge in [-0.15, -0.1) is 0 Å². The standard InChI is InChI=1S/C31H48N2O8.C29H44N2O4.C27H40N2O8.C26H38N2O4/c1-34-17-7-21-38-26-11-5-12-27(39-22-8-18-35-2)30(26)32-15-16-33(25-32)31-28(40-23-9-19-36-3)13-6-14-29(31)41-24-10-20-37-4;1-22(2)24-11-7-12-25(23(3)4)28(24)30-15-16-31(21-30)29-26(34-19-9-17-32-5)13-8-14-27(29)35-20-10-18-33-6;1-30-13-17-34-22-7-5-8-23(35-18-14-31-2)26(22)28-11-12-29(21-28)27-24(36-19-15-32-3)9-6-10-25(27)37-20-16-33-4;1-20-17-21(2)25(22(3)18-20)27-11-12-28(19-27)26-23(31-15-7-13-29-4)9-6-10-24(26)32-16-8-14-30-5/h5-6,11-14H,7-10,15-25H2,1-4H3;7-8,11-14,22-23H,9-10,15-21H2,1-6H3;5-10H,11-21H2,1-4H3;6,9-10,17-18H,7-8,11-16,19H2,1-5H3. The van der Waals surface area contributed by atoms with E-state index in [1.54, 1.807) is 85.3 Å². The fraction of sp³-hybridized carbons (Fsp3) is 0.575. The molecule has 0 amide bonds. The lowest BCUT2D eigenvalue weighted by molar-refractivity contribution is 0.142. The zero-order valence-corrected chi connectivity index (χ0v) is 90.4. The molecule has 32 nitrogen and oxygen atoms in total. The van der Waals surface area contributed by atoms with Crippen molar-refractivity contribution in [3.63, 3.8) is 0 Å². The Bertz CT molecular complexity index is 4530. The smallest absolute Gasteiger partial charge is 0.146 e. The molecular weight excluding hydrogens is 1850 g/mol. The summed E-state index contributed by atoms with van der Waals surface area (Å²) < 4.78 is 136. The normalized spacial score (nSPS) is 13.4. The molecule has 0 aliphatic carbocycles. The molecule has 0 spiro atoms. The Balaban J connectivity index is 0.000000216. The van der Waals surface area contributed by atoms with Crippen molar-refractivity contribution in [2.45, 2.75) is 112 Å². The molecule has 8 aromatic carbocycles. The fourth-order valence-electron chi connectivity index (χ4n) is 17.7. The van der Waals surface area contributed by atoms with Gasteiger partial charge < -0.3 is 153 Å². The average molecular weight is 2020 g/mol. The quantitative estimate of drug-likeness (QED) is 0.0321. The van der Waals surface area contributed by atoms with E-state index in [2.05, 4.69) is 130 Å². The summed E-state index contributed by atoms with van der Waals surface area (Å²) in [6.07, 6.45) is 6.61. The van der Waals surface area contributed by atoms with E-state index in [9.17, 15) is 0 Å². The molecule has 0 bridgehead atoms. The maximum Gasteiger partial charge on any atom is 0.146 e. The molecule has 0 aromatic heterocycles. The molecule has 0 saturated carbocycles. The highest BCUT2D eigenvalue weighted by atomic mass is 16.6.